The summed E-state index contributed by atoms with van der Waals surface area (Å²) in [5.74, 6) is 0.282. The van der Waals surface area contributed by atoms with Gasteiger partial charge in [-0.15, -0.1) is 11.3 Å². The second kappa shape index (κ2) is 7.18. The molecule has 1 amide bonds. The summed E-state index contributed by atoms with van der Waals surface area (Å²) < 4.78 is 6.16. The highest BCUT2D eigenvalue weighted by molar-refractivity contribution is 7.09. The van der Waals surface area contributed by atoms with E-state index in [9.17, 15) is 9.90 Å². The molecule has 1 atom stereocenters. The molecule has 2 aliphatic heterocycles. The molecule has 2 aromatic rings. The van der Waals surface area contributed by atoms with E-state index in [0.717, 1.165) is 49.1 Å². The summed E-state index contributed by atoms with van der Waals surface area (Å²) in [6.07, 6.45) is 7.96. The van der Waals surface area contributed by atoms with E-state index in [1.54, 1.807) is 6.20 Å². The molecule has 0 radical (unpaired) electrons. The number of hydrogen-bond donors (Lipinski definition) is 1. The van der Waals surface area contributed by atoms with Gasteiger partial charge in [0.05, 0.1) is 17.6 Å². The van der Waals surface area contributed by atoms with Crippen LogP contribution in [0.25, 0.3) is 0 Å². The van der Waals surface area contributed by atoms with E-state index in [0.29, 0.717) is 26.1 Å². The lowest BCUT2D eigenvalue weighted by molar-refractivity contribution is -0.142. The quantitative estimate of drug-likeness (QED) is 0.836. The fourth-order valence-electron chi connectivity index (χ4n) is 5.60. The van der Waals surface area contributed by atoms with Crippen molar-refractivity contribution >= 4 is 17.2 Å². The molecule has 5 rings (SSSR count). The molecule has 1 spiro atoms. The SMILES string of the molecule is O=C(N1CCC2(CC1)C[C@@](O)(c1nccs1)CO2)C1(c2ccccc2)CCCC1. The van der Waals surface area contributed by atoms with Crippen LogP contribution in [0.4, 0.5) is 0 Å². The minimum Gasteiger partial charge on any atom is -0.380 e. The summed E-state index contributed by atoms with van der Waals surface area (Å²) >= 11 is 1.48. The zero-order valence-corrected chi connectivity index (χ0v) is 17.5. The second-order valence-electron chi connectivity index (χ2n) is 8.96. The summed E-state index contributed by atoms with van der Waals surface area (Å²) in [5.41, 5.74) is -0.522. The first kappa shape index (κ1) is 19.2. The molecule has 154 valence electrons. The van der Waals surface area contributed by atoms with Crippen molar-refractivity contribution in [3.05, 3.63) is 52.5 Å². The first-order valence-corrected chi connectivity index (χ1v) is 11.5. The Morgan fingerprint density at radius 3 is 2.48 bits per heavy atom. The van der Waals surface area contributed by atoms with E-state index in [1.165, 1.54) is 11.3 Å². The van der Waals surface area contributed by atoms with E-state index in [-0.39, 0.29) is 16.9 Å². The van der Waals surface area contributed by atoms with Crippen LogP contribution in [-0.4, -0.2) is 46.2 Å². The number of nitrogens with zero attached hydrogens (tertiary/aromatic N) is 2. The van der Waals surface area contributed by atoms with Crippen LogP contribution in [0.2, 0.25) is 0 Å². The van der Waals surface area contributed by atoms with Gasteiger partial charge in [0, 0.05) is 31.1 Å². The Morgan fingerprint density at radius 1 is 1.10 bits per heavy atom. The summed E-state index contributed by atoms with van der Waals surface area (Å²) in [6.45, 7) is 1.69. The lowest BCUT2D eigenvalue weighted by Crippen LogP contribution is -2.52. The number of likely N-dealkylation sites (tertiary alicyclic amines) is 1. The fraction of sp³-hybridized carbons (Fsp3) is 0.565. The molecule has 1 aromatic heterocycles. The number of amides is 1. The molecule has 5 nitrogen and oxygen atoms in total. The van der Waals surface area contributed by atoms with Crippen LogP contribution in [-0.2, 0) is 20.5 Å². The minimum atomic E-state index is -0.989. The van der Waals surface area contributed by atoms with Crippen LogP contribution < -0.4 is 0 Å². The number of aliphatic hydroxyl groups is 1. The number of piperidine rings is 1. The third-order valence-corrected chi connectivity index (χ3v) is 8.18. The van der Waals surface area contributed by atoms with E-state index in [2.05, 4.69) is 17.1 Å². The van der Waals surface area contributed by atoms with E-state index < -0.39 is 5.60 Å². The van der Waals surface area contributed by atoms with Gasteiger partial charge in [0.1, 0.15) is 10.6 Å². The summed E-state index contributed by atoms with van der Waals surface area (Å²) in [7, 11) is 0. The first-order chi connectivity index (χ1) is 14.1. The molecule has 3 heterocycles. The van der Waals surface area contributed by atoms with Crippen molar-refractivity contribution in [2.75, 3.05) is 19.7 Å². The summed E-state index contributed by atoms with van der Waals surface area (Å²) in [6, 6.07) is 10.3. The molecular weight excluding hydrogens is 384 g/mol. The van der Waals surface area contributed by atoms with E-state index in [4.69, 9.17) is 4.74 Å². The zero-order chi connectivity index (χ0) is 20.0. The predicted octanol–water partition coefficient (Wildman–Crippen LogP) is 3.62. The van der Waals surface area contributed by atoms with E-state index >= 15 is 0 Å². The Morgan fingerprint density at radius 2 is 1.83 bits per heavy atom. The van der Waals surface area contributed by atoms with Gasteiger partial charge in [-0.1, -0.05) is 43.2 Å². The van der Waals surface area contributed by atoms with Crippen molar-refractivity contribution < 1.29 is 14.6 Å². The molecule has 6 heteroatoms. The molecule has 1 N–H and O–H groups in total. The number of hydrogen-bond acceptors (Lipinski definition) is 5. The van der Waals surface area contributed by atoms with Crippen molar-refractivity contribution in [2.24, 2.45) is 0 Å². The third kappa shape index (κ3) is 3.22. The van der Waals surface area contributed by atoms with Gasteiger partial charge >= 0.3 is 0 Å². The monoisotopic (exact) mass is 412 g/mol. The molecule has 0 unspecified atom stereocenters. The molecule has 3 aliphatic rings. The summed E-state index contributed by atoms with van der Waals surface area (Å²) in [5, 5.41) is 13.7. The van der Waals surface area contributed by atoms with Crippen molar-refractivity contribution in [3.63, 3.8) is 0 Å². The molecule has 1 saturated carbocycles. The molecule has 29 heavy (non-hydrogen) atoms. The fourth-order valence-corrected chi connectivity index (χ4v) is 6.32. The van der Waals surface area contributed by atoms with Crippen LogP contribution in [0.1, 0.15) is 55.5 Å². The van der Waals surface area contributed by atoms with Crippen LogP contribution in [0.3, 0.4) is 0 Å². The van der Waals surface area contributed by atoms with Gasteiger partial charge in [-0.3, -0.25) is 4.79 Å². The lowest BCUT2D eigenvalue weighted by atomic mass is 9.76. The molecule has 2 saturated heterocycles. The Hall–Kier alpha value is -1.76. The van der Waals surface area contributed by atoms with Gasteiger partial charge in [-0.2, -0.15) is 0 Å². The molecular formula is C23H28N2O3S. The van der Waals surface area contributed by atoms with Gasteiger partial charge in [-0.25, -0.2) is 4.98 Å². The first-order valence-electron chi connectivity index (χ1n) is 10.7. The van der Waals surface area contributed by atoms with Gasteiger partial charge in [0.2, 0.25) is 5.91 Å². The van der Waals surface area contributed by atoms with Gasteiger partial charge in [0.25, 0.3) is 0 Å². The lowest BCUT2D eigenvalue weighted by Gasteiger charge is -2.42. The van der Waals surface area contributed by atoms with Crippen molar-refractivity contribution in [2.45, 2.75) is 61.6 Å². The second-order valence-corrected chi connectivity index (χ2v) is 9.86. The molecule has 1 aromatic carbocycles. The number of benzene rings is 1. The Labute approximate surface area is 175 Å². The van der Waals surface area contributed by atoms with Crippen LogP contribution >= 0.6 is 11.3 Å². The van der Waals surface area contributed by atoms with Gasteiger partial charge in [-0.05, 0) is 31.2 Å². The van der Waals surface area contributed by atoms with E-state index in [1.807, 2.05) is 28.5 Å². The molecule has 1 aliphatic carbocycles. The Kier molecular flexibility index (Phi) is 4.76. The normalized spacial score (nSPS) is 28.1. The highest BCUT2D eigenvalue weighted by atomic mass is 32.1. The van der Waals surface area contributed by atoms with Crippen LogP contribution in [0, 0.1) is 0 Å². The third-order valence-electron chi connectivity index (χ3n) is 7.22. The number of carbonyl (C=O) groups excluding carboxylic acids is 1. The van der Waals surface area contributed by atoms with Gasteiger partial charge < -0.3 is 14.7 Å². The molecule has 0 bridgehead atoms. The largest absolute Gasteiger partial charge is 0.380 e. The molecule has 3 fully saturated rings. The number of ether oxygens (including phenoxy) is 1. The topological polar surface area (TPSA) is 62.7 Å². The Bertz CT molecular complexity index is 856. The van der Waals surface area contributed by atoms with Gasteiger partial charge in [0.15, 0.2) is 0 Å². The van der Waals surface area contributed by atoms with Crippen molar-refractivity contribution in [1.29, 1.82) is 0 Å². The number of thiazole rings is 1. The summed E-state index contributed by atoms with van der Waals surface area (Å²) in [4.78, 5) is 20.0. The highest BCUT2D eigenvalue weighted by Gasteiger charge is 2.53. The highest BCUT2D eigenvalue weighted by Crippen LogP contribution is 2.47. The maximum Gasteiger partial charge on any atom is 0.233 e. The van der Waals surface area contributed by atoms with Crippen LogP contribution in [0.15, 0.2) is 41.9 Å². The predicted molar refractivity (Wildman–Crippen MR) is 112 cm³/mol. The van der Waals surface area contributed by atoms with Crippen LogP contribution in [0.5, 0.6) is 0 Å². The number of aromatic nitrogens is 1. The number of carbonyl (C=O) groups is 1. The maximum atomic E-state index is 13.7. The smallest absolute Gasteiger partial charge is 0.233 e. The average Bonchev–Trinajstić information content (AvgIpc) is 3.51. The zero-order valence-electron chi connectivity index (χ0n) is 16.7. The van der Waals surface area contributed by atoms with Crippen molar-refractivity contribution in [3.8, 4) is 0 Å². The Balaban J connectivity index is 1.30. The maximum absolute atomic E-state index is 13.7. The standard InChI is InChI=1S/C23H28N2O3S/c26-20(22(8-4-5-9-22)18-6-2-1-3-7-18)25-13-10-21(11-14-25)16-23(27,17-28-21)19-24-12-15-29-19/h1-3,6-7,12,15,27H,4-5,8-11,13-14,16-17H2/t23-/m0/s1. The average molecular weight is 413 g/mol. The minimum absolute atomic E-state index is 0.282. The number of rotatable bonds is 3. The van der Waals surface area contributed by atoms with Crippen molar-refractivity contribution in [1.82, 2.24) is 9.88 Å².